The molecule has 10 nitrogen and oxygen atoms in total. The average molecular weight is 1450 g/mol. The van der Waals surface area contributed by atoms with Gasteiger partial charge in [-0.3, -0.25) is 0 Å². The molecule has 0 unspecified atom stereocenters. The molecule has 6 aromatic heterocycles. The molecule has 4 aliphatic heterocycles. The van der Waals surface area contributed by atoms with Gasteiger partial charge in [-0.2, -0.15) is 0 Å². The van der Waals surface area contributed by atoms with Crippen molar-refractivity contribution in [2.24, 2.45) is 0 Å². The summed E-state index contributed by atoms with van der Waals surface area (Å²) >= 11 is 0. The maximum Gasteiger partial charge on any atom is 2.00 e. The number of aromatic amines is 2. The van der Waals surface area contributed by atoms with Crippen LogP contribution in [0.15, 0.2) is 243 Å². The molecule has 0 atom stereocenters. The molecule has 4 aliphatic rings. The number of hydrogen-bond acceptors (Lipinski definition) is 6. The van der Waals surface area contributed by atoms with Gasteiger partial charge in [0.05, 0.1) is 58.8 Å². The summed E-state index contributed by atoms with van der Waals surface area (Å²) in [7, 11) is 0. The molecule has 0 saturated carbocycles. The van der Waals surface area contributed by atoms with Crippen molar-refractivity contribution in [3.05, 3.63) is 322 Å². The Hall–Kier alpha value is -12.9. The van der Waals surface area contributed by atoms with Crippen molar-refractivity contribution in [3.8, 4) is 101 Å². The van der Waals surface area contributed by atoms with Gasteiger partial charge in [0.15, 0.2) is 0 Å². The molecule has 18 rings (SSSR count). The molecule has 8 aromatic carbocycles. The first-order valence-corrected chi connectivity index (χ1v) is 36.5. The molecule has 0 fully saturated rings. The first-order chi connectivity index (χ1) is 52.4. The second-order valence-electron chi connectivity index (χ2n) is 28.1. The third kappa shape index (κ3) is 13.1. The van der Waals surface area contributed by atoms with E-state index in [4.69, 9.17) is 39.4 Å². The number of para-hydroxylation sites is 2. The molecule has 0 saturated heterocycles. The van der Waals surface area contributed by atoms with E-state index < -0.39 is 0 Å². The second kappa shape index (κ2) is 28.9. The van der Waals surface area contributed by atoms with Gasteiger partial charge < -0.3 is 29.4 Å². The first kappa shape index (κ1) is 68.2. The Kier molecular flexibility index (Phi) is 18.2. The van der Waals surface area contributed by atoms with Gasteiger partial charge in [0.2, 0.25) is 0 Å². The molecule has 2 N–H and O–H groups in total. The Morgan fingerprint density at radius 2 is 0.481 bits per heavy atom. The first-order valence-electron chi connectivity index (χ1n) is 36.5. The average Bonchev–Trinajstić information content (AvgIpc) is 1.61. The molecule has 16 bridgehead atoms. The third-order valence-electron chi connectivity index (χ3n) is 20.5. The van der Waals surface area contributed by atoms with Crippen LogP contribution in [0.1, 0.15) is 85.4 Å². The fourth-order valence-electron chi connectivity index (χ4n) is 15.0. The maximum atomic E-state index is 7.00. The zero-order valence-electron chi connectivity index (χ0n) is 60.6. The van der Waals surface area contributed by atoms with Crippen molar-refractivity contribution in [2.75, 3.05) is 13.2 Å². The van der Waals surface area contributed by atoms with E-state index in [1.54, 1.807) is 0 Å². The van der Waals surface area contributed by atoms with Crippen LogP contribution in [0.2, 0.25) is 0 Å². The zero-order valence-corrected chi connectivity index (χ0v) is 61.6. The van der Waals surface area contributed by atoms with Crippen molar-refractivity contribution in [1.29, 1.82) is 0 Å². The van der Waals surface area contributed by atoms with Crippen molar-refractivity contribution in [2.45, 2.75) is 48.0 Å². The quantitative estimate of drug-likeness (QED) is 0.0813. The fourth-order valence-corrected chi connectivity index (χ4v) is 15.0. The van der Waals surface area contributed by atoms with E-state index in [2.05, 4.69) is 325 Å². The Morgan fingerprint density at radius 1 is 0.250 bits per heavy atom. The van der Waals surface area contributed by atoms with E-state index in [0.717, 1.165) is 190 Å². The van der Waals surface area contributed by atoms with Gasteiger partial charge in [0.1, 0.15) is 11.5 Å². The summed E-state index contributed by atoms with van der Waals surface area (Å²) in [6.45, 7) is 13.4. The zero-order chi connectivity index (χ0) is 72.2. The van der Waals surface area contributed by atoms with Crippen LogP contribution in [0.4, 0.5) is 0 Å². The second-order valence-corrected chi connectivity index (χ2v) is 28.1. The predicted molar refractivity (Wildman–Crippen MR) is 443 cm³/mol. The van der Waals surface area contributed by atoms with Crippen LogP contribution in [0.3, 0.4) is 0 Å². The van der Waals surface area contributed by atoms with Gasteiger partial charge in [0, 0.05) is 61.9 Å². The van der Waals surface area contributed by atoms with Gasteiger partial charge in [-0.1, -0.05) is 240 Å². The topological polar surface area (TPSA) is 130 Å². The number of H-pyrrole nitrogens is 2. The standard InChI is InChI=1S/C97H74N8O2.Cu/c1-58-16-28-64(29-17-58)90-72-40-44-76(98-72)92(66-32-20-60(3)21-33-66)80-48-52-84(102-80)96(85-53-49-81(103-85)93(77-45-41-73(90)99-77)67-34-22-61(4)23-35-67)70-12-7-9-14-88(70)106-56-11-57-107-89-15-10-8-13-71(89)97-86-54-50-82(104-86)94(68-36-24-62(5)25-37-68)78-46-42-74(100-78)91(65-30-18-59(2)19-31-65)75-43-47-79(101-75)95(83-51-55-87(97)105-83)69-38-26-63(6)27-39-69;/h7-10,12-55,98,103H,11,56-57H2,1-6H3;/q-2;+2. The Morgan fingerprint density at radius 3 is 0.787 bits per heavy atom. The van der Waals surface area contributed by atoms with Crippen LogP contribution in [0, 0.1) is 41.5 Å². The number of benzene rings is 8. The maximum absolute atomic E-state index is 7.00. The minimum Gasteiger partial charge on any atom is -0.657 e. The van der Waals surface area contributed by atoms with Crippen molar-refractivity contribution < 1.29 is 26.5 Å². The van der Waals surface area contributed by atoms with E-state index in [0.29, 0.717) is 31.1 Å². The van der Waals surface area contributed by atoms with E-state index in [9.17, 15) is 0 Å². The Balaban J connectivity index is 0.00000854. The van der Waals surface area contributed by atoms with Gasteiger partial charge in [0.25, 0.3) is 0 Å². The number of aryl methyl sites for hydroxylation is 6. The van der Waals surface area contributed by atoms with Crippen LogP contribution in [-0.4, -0.2) is 43.1 Å². The summed E-state index contributed by atoms with van der Waals surface area (Å²) < 4.78 is 14.0. The number of nitrogens with zero attached hydrogens (tertiary/aromatic N) is 6. The number of nitrogens with one attached hydrogen (secondary N) is 2. The number of fused-ring (bicyclic) bond motifs is 16. The molecule has 525 valence electrons. The van der Waals surface area contributed by atoms with Crippen LogP contribution < -0.4 is 19.4 Å². The summed E-state index contributed by atoms with van der Waals surface area (Å²) in [5.74, 6) is 1.41. The SMILES string of the molecule is Cc1ccc(-c2c3nc(c(-c4ccc(C)cc4)c4ccc([n-]4)c(-c4ccccc4OCCCOc4ccccc4-c4c5nc(c(-c6ccc(C)cc6)c6ccc([nH]6)c(-c6ccc(C)cc6)c6nc(c(-c7ccc(C)cc7)c7ccc4[nH]7)C=C6)C=C5)c4nc(c(-c5ccc(C)cc5)c5ccc2[n-]5)C=C4)C=C3)cc1.[Cu+2]. The summed E-state index contributed by atoms with van der Waals surface area (Å²) in [5.41, 5.74) is 35.8. The van der Waals surface area contributed by atoms with Gasteiger partial charge in [-0.25, -0.2) is 19.9 Å². The summed E-state index contributed by atoms with van der Waals surface area (Å²) in [4.78, 5) is 41.3. The predicted octanol–water partition coefficient (Wildman–Crippen LogP) is 23.9. The largest absolute Gasteiger partial charge is 2.00 e. The van der Waals surface area contributed by atoms with Gasteiger partial charge in [-0.15, -0.1) is 22.1 Å². The molecule has 11 heteroatoms. The Labute approximate surface area is 638 Å². The molecule has 1 radical (unpaired) electrons. The van der Waals surface area contributed by atoms with E-state index in [-0.39, 0.29) is 17.1 Å². The summed E-state index contributed by atoms with van der Waals surface area (Å²) in [6, 6.07) is 85.7. The molecule has 14 aromatic rings. The van der Waals surface area contributed by atoms with Gasteiger partial charge >= 0.3 is 17.1 Å². The minimum atomic E-state index is 0. The summed E-state index contributed by atoms with van der Waals surface area (Å²) in [6.07, 6.45) is 17.6. The van der Waals surface area contributed by atoms with E-state index in [1.165, 1.54) is 22.3 Å². The summed E-state index contributed by atoms with van der Waals surface area (Å²) in [5, 5.41) is 0. The number of hydrogen-bond donors (Lipinski definition) is 2. The Bertz CT molecular complexity index is 5890. The smallest absolute Gasteiger partial charge is 0.657 e. The molecule has 0 amide bonds. The number of rotatable bonds is 14. The van der Waals surface area contributed by atoms with E-state index in [1.807, 2.05) is 18.2 Å². The third-order valence-corrected chi connectivity index (χ3v) is 20.5. The van der Waals surface area contributed by atoms with Crippen LogP contribution in [-0.2, 0) is 17.1 Å². The van der Waals surface area contributed by atoms with Crippen molar-refractivity contribution >= 4 is 92.7 Å². The number of aromatic nitrogens is 8. The molecular formula is C97H74CuN8O2. The molecular weight excluding hydrogens is 1370 g/mol. The van der Waals surface area contributed by atoms with Gasteiger partial charge in [-0.05, 0) is 182 Å². The normalized spacial score (nSPS) is 12.1. The monoisotopic (exact) mass is 1450 g/mol. The minimum absolute atomic E-state index is 0. The molecule has 10 heterocycles. The van der Waals surface area contributed by atoms with Crippen LogP contribution >= 0.6 is 0 Å². The number of ether oxygens (including phenoxy) is 2. The molecule has 0 aliphatic carbocycles. The van der Waals surface area contributed by atoms with Crippen molar-refractivity contribution in [3.63, 3.8) is 0 Å². The molecule has 0 spiro atoms. The fraction of sp³-hybridized carbons (Fsp3) is 0.0928. The van der Waals surface area contributed by atoms with E-state index >= 15 is 0 Å². The van der Waals surface area contributed by atoms with Crippen LogP contribution in [0.5, 0.6) is 11.5 Å². The van der Waals surface area contributed by atoms with Crippen molar-refractivity contribution in [1.82, 2.24) is 39.9 Å². The van der Waals surface area contributed by atoms with Crippen LogP contribution in [0.25, 0.3) is 182 Å². The molecule has 108 heavy (non-hydrogen) atoms.